The predicted octanol–water partition coefficient (Wildman–Crippen LogP) is 0.754. The number of amides is 2. The predicted molar refractivity (Wildman–Crippen MR) is 110 cm³/mol. The number of hydrogen-bond donors (Lipinski definition) is 1. The Balaban J connectivity index is 1.75. The maximum absolute atomic E-state index is 12.9. The van der Waals surface area contributed by atoms with Crippen molar-refractivity contribution in [3.63, 3.8) is 0 Å². The lowest BCUT2D eigenvalue weighted by Gasteiger charge is -2.32. The van der Waals surface area contributed by atoms with Gasteiger partial charge in [-0.3, -0.25) is 14.4 Å². The van der Waals surface area contributed by atoms with Crippen LogP contribution in [0.3, 0.4) is 0 Å². The summed E-state index contributed by atoms with van der Waals surface area (Å²) in [7, 11) is -2.38. The molecule has 1 aliphatic heterocycles. The number of carbonyl (C=O) groups is 3. The van der Waals surface area contributed by atoms with Crippen LogP contribution in [0.15, 0.2) is 29.2 Å². The van der Waals surface area contributed by atoms with Crippen molar-refractivity contribution in [3.8, 4) is 0 Å². The molecule has 0 atom stereocenters. The van der Waals surface area contributed by atoms with Gasteiger partial charge in [-0.15, -0.1) is 0 Å². The van der Waals surface area contributed by atoms with Crippen molar-refractivity contribution in [1.29, 1.82) is 0 Å². The highest BCUT2D eigenvalue weighted by atomic mass is 32.2. The van der Waals surface area contributed by atoms with Crippen LogP contribution in [-0.2, 0) is 29.1 Å². The van der Waals surface area contributed by atoms with E-state index < -0.39 is 21.7 Å². The first kappa shape index (κ1) is 24.7. The van der Waals surface area contributed by atoms with E-state index in [0.29, 0.717) is 32.5 Å². The van der Waals surface area contributed by atoms with Crippen molar-refractivity contribution in [3.05, 3.63) is 30.1 Å². The van der Waals surface area contributed by atoms with E-state index in [1.165, 1.54) is 11.9 Å². The van der Waals surface area contributed by atoms with E-state index in [9.17, 15) is 27.2 Å². The number of carbonyl (C=O) groups excluding carboxylic acids is 3. The number of halogens is 1. The first-order chi connectivity index (χ1) is 14.6. The highest BCUT2D eigenvalue weighted by Crippen LogP contribution is 2.19. The maximum atomic E-state index is 12.9. The fraction of sp³-hybridized carbons (Fsp3) is 0.550. The molecule has 1 heterocycles. The third-order valence-corrected chi connectivity index (χ3v) is 6.50. The Morgan fingerprint density at radius 3 is 2.39 bits per heavy atom. The number of likely N-dealkylation sites (N-methyl/N-ethyl adjacent to an activating group) is 1. The molecule has 0 aliphatic carbocycles. The molecule has 0 unspecified atom stereocenters. The van der Waals surface area contributed by atoms with Crippen molar-refractivity contribution in [2.45, 2.75) is 31.1 Å². The maximum Gasteiger partial charge on any atom is 0.309 e. The van der Waals surface area contributed by atoms with Gasteiger partial charge in [0.2, 0.25) is 21.8 Å². The van der Waals surface area contributed by atoms with Crippen LogP contribution in [0, 0.1) is 11.7 Å². The molecule has 1 N–H and O–H groups in total. The molecule has 0 spiro atoms. The van der Waals surface area contributed by atoms with Crippen LogP contribution < -0.4 is 4.72 Å². The van der Waals surface area contributed by atoms with Crippen LogP contribution in [0.2, 0.25) is 0 Å². The second-order valence-corrected chi connectivity index (χ2v) is 9.03. The Kier molecular flexibility index (Phi) is 8.93. The quantitative estimate of drug-likeness (QED) is 0.548. The Labute approximate surface area is 181 Å². The fourth-order valence-corrected chi connectivity index (χ4v) is 4.23. The standard InChI is InChI=1S/C20H28FN3O6S/c1-3-30-20(27)15-9-12-24(13-10-15)19(26)14-23(2)18(25)8-11-22-31(28,29)17-6-4-16(21)5-7-17/h4-7,15,22H,3,8-14H2,1-2H3. The molecular formula is C20H28FN3O6S. The molecule has 0 saturated carbocycles. The first-order valence-electron chi connectivity index (χ1n) is 10.1. The van der Waals surface area contributed by atoms with E-state index >= 15 is 0 Å². The summed E-state index contributed by atoms with van der Waals surface area (Å²) in [6.45, 7) is 2.63. The molecule has 2 rings (SSSR count). The Morgan fingerprint density at radius 2 is 1.81 bits per heavy atom. The molecule has 0 bridgehead atoms. The zero-order valence-corrected chi connectivity index (χ0v) is 18.5. The van der Waals surface area contributed by atoms with Gasteiger partial charge < -0.3 is 14.5 Å². The number of nitrogens with one attached hydrogen (secondary N) is 1. The van der Waals surface area contributed by atoms with Gasteiger partial charge in [-0.25, -0.2) is 17.5 Å². The van der Waals surface area contributed by atoms with Crippen molar-refractivity contribution in [1.82, 2.24) is 14.5 Å². The van der Waals surface area contributed by atoms with Gasteiger partial charge in [0, 0.05) is 33.1 Å². The summed E-state index contributed by atoms with van der Waals surface area (Å²) < 4.78 is 44.5. The molecule has 172 valence electrons. The third kappa shape index (κ3) is 7.28. The van der Waals surface area contributed by atoms with Gasteiger partial charge in [0.15, 0.2) is 0 Å². The number of sulfonamides is 1. The zero-order chi connectivity index (χ0) is 23.0. The highest BCUT2D eigenvalue weighted by Gasteiger charge is 2.29. The minimum atomic E-state index is -3.86. The molecule has 1 aromatic carbocycles. The van der Waals surface area contributed by atoms with Gasteiger partial charge in [-0.1, -0.05) is 0 Å². The molecular weight excluding hydrogens is 429 g/mol. The topological polar surface area (TPSA) is 113 Å². The number of piperidine rings is 1. The first-order valence-corrected chi connectivity index (χ1v) is 11.6. The summed E-state index contributed by atoms with van der Waals surface area (Å²) in [5.41, 5.74) is 0. The lowest BCUT2D eigenvalue weighted by Crippen LogP contribution is -2.46. The average Bonchev–Trinajstić information content (AvgIpc) is 2.74. The van der Waals surface area contributed by atoms with Crippen molar-refractivity contribution in [2.24, 2.45) is 5.92 Å². The normalized spacial score (nSPS) is 14.9. The molecule has 9 nitrogen and oxygen atoms in total. The minimum absolute atomic E-state index is 0.101. The van der Waals surface area contributed by atoms with E-state index in [4.69, 9.17) is 4.74 Å². The monoisotopic (exact) mass is 457 g/mol. The molecule has 1 aromatic rings. The number of esters is 1. The van der Waals surface area contributed by atoms with Crippen molar-refractivity contribution < 1.29 is 31.9 Å². The third-order valence-electron chi connectivity index (χ3n) is 5.02. The SMILES string of the molecule is CCOC(=O)C1CCN(C(=O)CN(C)C(=O)CCNS(=O)(=O)c2ccc(F)cc2)CC1. The van der Waals surface area contributed by atoms with Crippen LogP contribution in [-0.4, -0.2) is 75.8 Å². The van der Waals surface area contributed by atoms with Gasteiger partial charge in [-0.2, -0.15) is 0 Å². The van der Waals surface area contributed by atoms with Crippen LogP contribution in [0.25, 0.3) is 0 Å². The summed E-state index contributed by atoms with van der Waals surface area (Å²) in [6.07, 6.45) is 0.913. The molecule has 31 heavy (non-hydrogen) atoms. The van der Waals surface area contributed by atoms with Gasteiger partial charge >= 0.3 is 5.97 Å². The Morgan fingerprint density at radius 1 is 1.19 bits per heavy atom. The van der Waals surface area contributed by atoms with Gasteiger partial charge in [0.05, 0.1) is 24.0 Å². The van der Waals surface area contributed by atoms with Crippen LogP contribution >= 0.6 is 0 Å². The van der Waals surface area contributed by atoms with Crippen LogP contribution in [0.4, 0.5) is 4.39 Å². The number of nitrogens with zero attached hydrogens (tertiary/aromatic N) is 2. The van der Waals surface area contributed by atoms with Gasteiger partial charge in [0.25, 0.3) is 0 Å². The summed E-state index contributed by atoms with van der Waals surface area (Å²) in [6, 6.07) is 4.34. The van der Waals surface area contributed by atoms with E-state index in [1.54, 1.807) is 11.8 Å². The Bertz CT molecular complexity index is 883. The summed E-state index contributed by atoms with van der Waals surface area (Å²) in [4.78, 5) is 39.2. The average molecular weight is 458 g/mol. The summed E-state index contributed by atoms with van der Waals surface area (Å²) in [5.74, 6) is -1.63. The Hall–Kier alpha value is -2.53. The van der Waals surface area contributed by atoms with E-state index in [-0.39, 0.29) is 42.2 Å². The molecule has 1 aliphatic rings. The fourth-order valence-electron chi connectivity index (χ4n) is 3.20. The second kappa shape index (κ2) is 11.2. The number of rotatable bonds is 9. The minimum Gasteiger partial charge on any atom is -0.466 e. The second-order valence-electron chi connectivity index (χ2n) is 7.26. The number of ether oxygens (including phenoxy) is 1. The van der Waals surface area contributed by atoms with E-state index in [2.05, 4.69) is 4.72 Å². The van der Waals surface area contributed by atoms with Gasteiger partial charge in [-0.05, 0) is 44.0 Å². The van der Waals surface area contributed by atoms with E-state index in [0.717, 1.165) is 24.3 Å². The largest absolute Gasteiger partial charge is 0.466 e. The zero-order valence-electron chi connectivity index (χ0n) is 17.7. The molecule has 0 aromatic heterocycles. The lowest BCUT2D eigenvalue weighted by atomic mass is 9.97. The number of benzene rings is 1. The molecule has 11 heteroatoms. The molecule has 1 fully saturated rings. The molecule has 2 amide bonds. The summed E-state index contributed by atoms with van der Waals surface area (Å²) >= 11 is 0. The summed E-state index contributed by atoms with van der Waals surface area (Å²) in [5, 5.41) is 0. The van der Waals surface area contributed by atoms with E-state index in [1.807, 2.05) is 0 Å². The highest BCUT2D eigenvalue weighted by molar-refractivity contribution is 7.89. The molecule has 0 radical (unpaired) electrons. The van der Waals surface area contributed by atoms with Crippen LogP contribution in [0.5, 0.6) is 0 Å². The number of hydrogen-bond acceptors (Lipinski definition) is 6. The van der Waals surface area contributed by atoms with Crippen molar-refractivity contribution >= 4 is 27.8 Å². The lowest BCUT2D eigenvalue weighted by molar-refractivity contribution is -0.151. The number of likely N-dealkylation sites (tertiary alicyclic amines) is 1. The van der Waals surface area contributed by atoms with Crippen molar-refractivity contribution in [2.75, 3.05) is 39.8 Å². The van der Waals surface area contributed by atoms with Crippen LogP contribution in [0.1, 0.15) is 26.2 Å². The molecule has 1 saturated heterocycles. The smallest absolute Gasteiger partial charge is 0.309 e. The van der Waals surface area contributed by atoms with Gasteiger partial charge in [0.1, 0.15) is 5.82 Å².